The summed E-state index contributed by atoms with van der Waals surface area (Å²) in [5, 5.41) is 3.26. The molecule has 14 heavy (non-hydrogen) atoms. The van der Waals surface area contributed by atoms with Gasteiger partial charge in [0.15, 0.2) is 0 Å². The molecule has 0 unspecified atom stereocenters. The Balaban J connectivity index is 2.33. The number of benzene rings is 1. The summed E-state index contributed by atoms with van der Waals surface area (Å²) >= 11 is 0. The first-order chi connectivity index (χ1) is 6.86. The number of methoxy groups -OCH3 is 1. The maximum Gasteiger partial charge on any atom is 0.118 e. The zero-order valence-electron chi connectivity index (χ0n) is 8.42. The average Bonchev–Trinajstić information content (AvgIpc) is 2.25. The average molecular weight is 189 g/mol. The van der Waals surface area contributed by atoms with E-state index in [0.29, 0.717) is 0 Å². The Morgan fingerprint density at radius 1 is 1.36 bits per heavy atom. The molecule has 0 fully saturated rings. The molecule has 1 N–H and O–H groups in total. The number of terminal acetylenes is 1. The van der Waals surface area contributed by atoms with Crippen molar-refractivity contribution >= 4 is 0 Å². The molecule has 0 radical (unpaired) electrons. The van der Waals surface area contributed by atoms with E-state index in [1.54, 1.807) is 7.11 Å². The molecule has 1 aromatic carbocycles. The molecule has 1 rings (SSSR count). The summed E-state index contributed by atoms with van der Waals surface area (Å²) in [6.45, 7) is 1.72. The van der Waals surface area contributed by atoms with Crippen molar-refractivity contribution in [2.45, 2.75) is 13.0 Å². The van der Waals surface area contributed by atoms with Crippen molar-refractivity contribution in [2.75, 3.05) is 13.7 Å². The molecular weight excluding hydrogens is 174 g/mol. The van der Waals surface area contributed by atoms with Crippen LogP contribution in [-0.4, -0.2) is 13.7 Å². The Morgan fingerprint density at radius 3 is 2.64 bits per heavy atom. The molecule has 2 nitrogen and oxygen atoms in total. The third-order valence-electron chi connectivity index (χ3n) is 1.93. The van der Waals surface area contributed by atoms with Crippen molar-refractivity contribution in [3.05, 3.63) is 29.8 Å². The minimum Gasteiger partial charge on any atom is -0.497 e. The third-order valence-corrected chi connectivity index (χ3v) is 1.93. The van der Waals surface area contributed by atoms with Gasteiger partial charge in [0.05, 0.1) is 7.11 Å². The summed E-state index contributed by atoms with van der Waals surface area (Å²) in [6.07, 6.45) is 5.91. The second-order valence-electron chi connectivity index (χ2n) is 2.98. The van der Waals surface area contributed by atoms with E-state index < -0.39 is 0 Å². The van der Waals surface area contributed by atoms with Gasteiger partial charge >= 0.3 is 0 Å². The summed E-state index contributed by atoms with van der Waals surface area (Å²) in [6, 6.07) is 8.00. The van der Waals surface area contributed by atoms with E-state index in [2.05, 4.69) is 11.2 Å². The highest BCUT2D eigenvalue weighted by Gasteiger charge is 1.93. The smallest absolute Gasteiger partial charge is 0.118 e. The lowest BCUT2D eigenvalue weighted by Gasteiger charge is -2.04. The highest BCUT2D eigenvalue weighted by Crippen LogP contribution is 2.10. The van der Waals surface area contributed by atoms with Crippen molar-refractivity contribution in [1.82, 2.24) is 5.32 Å². The fourth-order valence-electron chi connectivity index (χ4n) is 1.14. The zero-order chi connectivity index (χ0) is 10.2. The van der Waals surface area contributed by atoms with Gasteiger partial charge in [-0.1, -0.05) is 12.1 Å². The van der Waals surface area contributed by atoms with Crippen LogP contribution in [0.1, 0.15) is 12.0 Å². The van der Waals surface area contributed by atoms with Gasteiger partial charge in [-0.25, -0.2) is 0 Å². The summed E-state index contributed by atoms with van der Waals surface area (Å²) in [5.74, 6) is 3.48. The fraction of sp³-hybridized carbons (Fsp3) is 0.333. The predicted molar refractivity (Wildman–Crippen MR) is 58.2 cm³/mol. The molecule has 1 aromatic rings. The molecule has 2 heteroatoms. The lowest BCUT2D eigenvalue weighted by atomic mass is 10.2. The molecule has 0 spiro atoms. The SMILES string of the molecule is C#CCCNCc1ccc(OC)cc1. The van der Waals surface area contributed by atoms with Gasteiger partial charge in [-0.15, -0.1) is 12.3 Å². The van der Waals surface area contributed by atoms with Crippen LogP contribution in [-0.2, 0) is 6.54 Å². The van der Waals surface area contributed by atoms with Crippen molar-refractivity contribution in [1.29, 1.82) is 0 Å². The standard InChI is InChI=1S/C12H15NO/c1-3-4-9-13-10-11-5-7-12(14-2)8-6-11/h1,5-8,13H,4,9-10H2,2H3. The van der Waals surface area contributed by atoms with E-state index in [9.17, 15) is 0 Å². The van der Waals surface area contributed by atoms with Crippen molar-refractivity contribution in [3.63, 3.8) is 0 Å². The molecule has 0 aliphatic carbocycles. The van der Waals surface area contributed by atoms with Crippen LogP contribution in [0.4, 0.5) is 0 Å². The monoisotopic (exact) mass is 189 g/mol. The van der Waals surface area contributed by atoms with E-state index in [0.717, 1.165) is 25.3 Å². The fourth-order valence-corrected chi connectivity index (χ4v) is 1.14. The van der Waals surface area contributed by atoms with Crippen LogP contribution in [0.25, 0.3) is 0 Å². The minimum absolute atomic E-state index is 0.774. The Kier molecular flexibility index (Phi) is 4.60. The maximum absolute atomic E-state index is 5.14. The van der Waals surface area contributed by atoms with Crippen molar-refractivity contribution in [2.24, 2.45) is 0 Å². The molecule has 0 saturated carbocycles. The molecule has 0 aliphatic rings. The Bertz CT molecular complexity index is 297. The van der Waals surface area contributed by atoms with Crippen LogP contribution in [0.3, 0.4) is 0 Å². The highest BCUT2D eigenvalue weighted by atomic mass is 16.5. The van der Waals surface area contributed by atoms with Gasteiger partial charge in [-0.2, -0.15) is 0 Å². The van der Waals surface area contributed by atoms with E-state index in [1.807, 2.05) is 24.3 Å². The first-order valence-corrected chi connectivity index (χ1v) is 4.64. The third kappa shape index (κ3) is 3.51. The van der Waals surface area contributed by atoms with Gasteiger partial charge < -0.3 is 10.1 Å². The summed E-state index contributed by atoms with van der Waals surface area (Å²) in [5.41, 5.74) is 1.24. The van der Waals surface area contributed by atoms with E-state index in [-0.39, 0.29) is 0 Å². The van der Waals surface area contributed by atoms with Crippen LogP contribution in [0, 0.1) is 12.3 Å². The van der Waals surface area contributed by atoms with Gasteiger partial charge in [0.25, 0.3) is 0 Å². The molecule has 74 valence electrons. The van der Waals surface area contributed by atoms with Gasteiger partial charge in [-0.3, -0.25) is 0 Å². The van der Waals surface area contributed by atoms with Crippen LogP contribution in [0.2, 0.25) is 0 Å². The van der Waals surface area contributed by atoms with Gasteiger partial charge in [0, 0.05) is 19.5 Å². The lowest BCUT2D eigenvalue weighted by molar-refractivity contribution is 0.414. The first kappa shape index (κ1) is 10.6. The zero-order valence-corrected chi connectivity index (χ0v) is 8.42. The summed E-state index contributed by atoms with van der Waals surface area (Å²) in [7, 11) is 1.67. The maximum atomic E-state index is 5.14. The molecule has 0 bridgehead atoms. The molecule has 0 aliphatic heterocycles. The number of rotatable bonds is 5. The second-order valence-corrected chi connectivity index (χ2v) is 2.98. The molecule has 0 saturated heterocycles. The van der Waals surface area contributed by atoms with Crippen molar-refractivity contribution < 1.29 is 4.74 Å². The Labute approximate surface area is 85.3 Å². The predicted octanol–water partition coefficient (Wildman–Crippen LogP) is 1.81. The van der Waals surface area contributed by atoms with Crippen LogP contribution in [0.5, 0.6) is 5.75 Å². The van der Waals surface area contributed by atoms with Crippen LogP contribution >= 0.6 is 0 Å². The molecule has 0 atom stereocenters. The van der Waals surface area contributed by atoms with Crippen molar-refractivity contribution in [3.8, 4) is 18.1 Å². The topological polar surface area (TPSA) is 21.3 Å². The number of ether oxygens (including phenoxy) is 1. The second kappa shape index (κ2) is 6.06. The number of hydrogen-bond donors (Lipinski definition) is 1. The van der Waals surface area contributed by atoms with Gasteiger partial charge in [-0.05, 0) is 17.7 Å². The summed E-state index contributed by atoms with van der Waals surface area (Å²) < 4.78 is 5.07. The van der Waals surface area contributed by atoms with Crippen LogP contribution < -0.4 is 10.1 Å². The lowest BCUT2D eigenvalue weighted by Crippen LogP contribution is -2.13. The normalized spacial score (nSPS) is 9.43. The molecular formula is C12H15NO. The van der Waals surface area contributed by atoms with E-state index in [1.165, 1.54) is 5.56 Å². The van der Waals surface area contributed by atoms with E-state index in [4.69, 9.17) is 11.2 Å². The quantitative estimate of drug-likeness (QED) is 0.563. The molecule has 0 amide bonds. The first-order valence-electron chi connectivity index (χ1n) is 4.64. The highest BCUT2D eigenvalue weighted by molar-refractivity contribution is 5.26. The van der Waals surface area contributed by atoms with E-state index >= 15 is 0 Å². The largest absolute Gasteiger partial charge is 0.497 e. The summed E-state index contributed by atoms with van der Waals surface area (Å²) in [4.78, 5) is 0. The molecule has 0 heterocycles. The van der Waals surface area contributed by atoms with Gasteiger partial charge in [0.1, 0.15) is 5.75 Å². The Hall–Kier alpha value is -1.46. The van der Waals surface area contributed by atoms with Gasteiger partial charge in [0.2, 0.25) is 0 Å². The van der Waals surface area contributed by atoms with Crippen LogP contribution in [0.15, 0.2) is 24.3 Å². The minimum atomic E-state index is 0.774. The molecule has 0 aromatic heterocycles. The number of nitrogens with one attached hydrogen (secondary N) is 1. The number of hydrogen-bond acceptors (Lipinski definition) is 2. The Morgan fingerprint density at radius 2 is 2.07 bits per heavy atom.